The molecule has 1 aromatic rings. The quantitative estimate of drug-likeness (QED) is 0.613. The smallest absolute Gasteiger partial charge is 0.333 e. The van der Waals surface area contributed by atoms with Crippen molar-refractivity contribution in [1.82, 2.24) is 4.90 Å². The minimum Gasteiger partial charge on any atom is -0.489 e. The second-order valence-corrected chi connectivity index (χ2v) is 5.11. The summed E-state index contributed by atoms with van der Waals surface area (Å²) in [6.45, 7) is 0.370. The maximum Gasteiger partial charge on any atom is 0.333 e. The molecule has 0 bridgehead atoms. The number of amides is 1. The molecular weight excluding hydrogens is 297 g/mol. The molecule has 21 heavy (non-hydrogen) atoms. The highest BCUT2D eigenvalue weighted by Crippen LogP contribution is 2.28. The third-order valence-electron chi connectivity index (χ3n) is 2.76. The van der Waals surface area contributed by atoms with E-state index in [-0.39, 0.29) is 30.6 Å². The fourth-order valence-electron chi connectivity index (χ4n) is 1.74. The first-order valence-electron chi connectivity index (χ1n) is 6.22. The van der Waals surface area contributed by atoms with Crippen LogP contribution >= 0.6 is 11.8 Å². The maximum atomic E-state index is 13.4. The first-order valence-corrected chi connectivity index (χ1v) is 7.20. The summed E-state index contributed by atoms with van der Waals surface area (Å²) in [7, 11) is 1.27. The molecule has 5 nitrogen and oxygen atoms in total. The van der Waals surface area contributed by atoms with Crippen molar-refractivity contribution >= 4 is 23.6 Å². The van der Waals surface area contributed by atoms with Gasteiger partial charge in [0.25, 0.3) is 0 Å². The Balaban J connectivity index is 1.94. The van der Waals surface area contributed by atoms with Crippen LogP contribution in [0.3, 0.4) is 0 Å². The molecule has 1 fully saturated rings. The number of hydrogen-bond acceptors (Lipinski definition) is 5. The van der Waals surface area contributed by atoms with Gasteiger partial charge in [-0.05, 0) is 12.1 Å². The number of benzene rings is 1. The summed E-state index contributed by atoms with van der Waals surface area (Å²) >= 11 is 1.26. The molecule has 0 radical (unpaired) electrons. The first kappa shape index (κ1) is 15.4. The highest BCUT2D eigenvalue weighted by molar-refractivity contribution is 8.04. The molecule has 1 aliphatic heterocycles. The highest BCUT2D eigenvalue weighted by Gasteiger charge is 2.27. The van der Waals surface area contributed by atoms with Crippen LogP contribution in [0.4, 0.5) is 4.39 Å². The third kappa shape index (κ3) is 3.98. The monoisotopic (exact) mass is 311 g/mol. The SMILES string of the molecule is COC(=O)/C=C1\SCC(=O)N1CCOc1ccccc1F. The molecule has 1 aromatic carbocycles. The van der Waals surface area contributed by atoms with Gasteiger partial charge in [0.15, 0.2) is 11.6 Å². The van der Waals surface area contributed by atoms with Crippen molar-refractivity contribution in [2.24, 2.45) is 0 Å². The van der Waals surface area contributed by atoms with E-state index < -0.39 is 11.8 Å². The fraction of sp³-hybridized carbons (Fsp3) is 0.286. The summed E-state index contributed by atoms with van der Waals surface area (Å²) in [5.74, 6) is -0.692. The van der Waals surface area contributed by atoms with Crippen LogP contribution in [0.15, 0.2) is 35.4 Å². The van der Waals surface area contributed by atoms with Crippen LogP contribution in [0.5, 0.6) is 5.75 Å². The Morgan fingerprint density at radius 3 is 2.95 bits per heavy atom. The molecule has 0 spiro atoms. The van der Waals surface area contributed by atoms with Gasteiger partial charge in [0.2, 0.25) is 5.91 Å². The molecule has 7 heteroatoms. The van der Waals surface area contributed by atoms with Crippen LogP contribution in [0.2, 0.25) is 0 Å². The number of para-hydroxylation sites is 1. The second kappa shape index (κ2) is 7.12. The van der Waals surface area contributed by atoms with Crippen molar-refractivity contribution in [2.75, 3.05) is 26.0 Å². The van der Waals surface area contributed by atoms with Crippen molar-refractivity contribution < 1.29 is 23.5 Å². The van der Waals surface area contributed by atoms with Crippen LogP contribution in [-0.4, -0.2) is 42.8 Å². The number of methoxy groups -OCH3 is 1. The molecule has 1 amide bonds. The van der Waals surface area contributed by atoms with Crippen LogP contribution in [0.1, 0.15) is 0 Å². The fourth-order valence-corrected chi connectivity index (χ4v) is 2.69. The van der Waals surface area contributed by atoms with Crippen molar-refractivity contribution in [3.8, 4) is 5.75 Å². The van der Waals surface area contributed by atoms with Gasteiger partial charge in [0.1, 0.15) is 6.61 Å². The summed E-state index contributed by atoms with van der Waals surface area (Å²) in [5, 5.41) is 0.518. The lowest BCUT2D eigenvalue weighted by Crippen LogP contribution is -2.29. The zero-order chi connectivity index (χ0) is 15.2. The lowest BCUT2D eigenvalue weighted by atomic mass is 10.3. The van der Waals surface area contributed by atoms with E-state index >= 15 is 0 Å². The molecule has 112 valence electrons. The standard InChI is InChI=1S/C14H14FNO4S/c1-19-14(18)8-13-16(12(17)9-21-13)6-7-20-11-5-3-2-4-10(11)15/h2-5,8H,6-7,9H2,1H3/b13-8-. The van der Waals surface area contributed by atoms with Crippen LogP contribution in [0.25, 0.3) is 0 Å². The summed E-state index contributed by atoms with van der Waals surface area (Å²) in [5.41, 5.74) is 0. The third-order valence-corrected chi connectivity index (χ3v) is 3.79. The number of rotatable bonds is 5. The Morgan fingerprint density at radius 2 is 2.24 bits per heavy atom. The maximum absolute atomic E-state index is 13.4. The van der Waals surface area contributed by atoms with E-state index in [0.717, 1.165) is 0 Å². The number of thioether (sulfide) groups is 1. The van der Waals surface area contributed by atoms with E-state index in [1.54, 1.807) is 12.1 Å². The number of hydrogen-bond donors (Lipinski definition) is 0. The lowest BCUT2D eigenvalue weighted by molar-refractivity contribution is -0.134. The Labute approximate surface area is 125 Å². The number of halogens is 1. The van der Waals surface area contributed by atoms with E-state index in [9.17, 15) is 14.0 Å². The van der Waals surface area contributed by atoms with Gasteiger partial charge < -0.3 is 14.4 Å². The molecule has 1 heterocycles. The van der Waals surface area contributed by atoms with Crippen LogP contribution < -0.4 is 4.74 Å². The molecule has 2 rings (SSSR count). The summed E-state index contributed by atoms with van der Waals surface area (Å²) in [4.78, 5) is 24.4. The molecule has 0 aromatic heterocycles. The van der Waals surface area contributed by atoms with Crippen molar-refractivity contribution in [3.05, 3.63) is 41.2 Å². The summed E-state index contributed by atoms with van der Waals surface area (Å²) in [6.07, 6.45) is 1.26. The van der Waals surface area contributed by atoms with Gasteiger partial charge in [-0.15, -0.1) is 0 Å². The van der Waals surface area contributed by atoms with Gasteiger partial charge in [-0.3, -0.25) is 4.79 Å². The van der Waals surface area contributed by atoms with E-state index in [0.29, 0.717) is 5.03 Å². The zero-order valence-corrected chi connectivity index (χ0v) is 12.2. The van der Waals surface area contributed by atoms with E-state index in [2.05, 4.69) is 4.74 Å². The number of esters is 1. The largest absolute Gasteiger partial charge is 0.489 e. The molecule has 0 atom stereocenters. The number of carbonyl (C=O) groups excluding carboxylic acids is 2. The van der Waals surface area contributed by atoms with E-state index in [1.807, 2.05) is 0 Å². The van der Waals surface area contributed by atoms with Crippen molar-refractivity contribution in [2.45, 2.75) is 0 Å². The average Bonchev–Trinajstić information content (AvgIpc) is 2.82. The lowest BCUT2D eigenvalue weighted by Gasteiger charge is -2.17. The Morgan fingerprint density at radius 1 is 1.48 bits per heavy atom. The minimum atomic E-state index is -0.521. The van der Waals surface area contributed by atoms with Crippen molar-refractivity contribution in [3.63, 3.8) is 0 Å². The Kier molecular flexibility index (Phi) is 5.21. The minimum absolute atomic E-state index is 0.118. The normalized spacial score (nSPS) is 16.4. The predicted molar refractivity (Wildman–Crippen MR) is 76.2 cm³/mol. The topological polar surface area (TPSA) is 55.8 Å². The Bertz CT molecular complexity index is 576. The molecule has 1 saturated heterocycles. The molecule has 0 unspecified atom stereocenters. The number of ether oxygens (including phenoxy) is 2. The van der Waals surface area contributed by atoms with Gasteiger partial charge in [-0.25, -0.2) is 9.18 Å². The second-order valence-electron chi connectivity index (χ2n) is 4.12. The molecule has 1 aliphatic rings. The van der Waals surface area contributed by atoms with Crippen molar-refractivity contribution in [1.29, 1.82) is 0 Å². The van der Waals surface area contributed by atoms with Gasteiger partial charge in [0, 0.05) is 0 Å². The number of carbonyl (C=O) groups is 2. The van der Waals surface area contributed by atoms with Gasteiger partial charge >= 0.3 is 5.97 Å². The summed E-state index contributed by atoms with van der Waals surface area (Å²) in [6, 6.07) is 6.05. The van der Waals surface area contributed by atoms with Gasteiger partial charge in [-0.2, -0.15) is 0 Å². The van der Waals surface area contributed by atoms with Gasteiger partial charge in [0.05, 0.1) is 30.5 Å². The predicted octanol–water partition coefficient (Wildman–Crippen LogP) is 1.79. The van der Waals surface area contributed by atoms with E-state index in [1.165, 1.54) is 42.0 Å². The summed E-state index contributed by atoms with van der Waals surface area (Å²) < 4.78 is 23.2. The molecule has 0 aliphatic carbocycles. The highest BCUT2D eigenvalue weighted by atomic mass is 32.2. The molecule has 0 N–H and O–H groups in total. The van der Waals surface area contributed by atoms with Gasteiger partial charge in [-0.1, -0.05) is 23.9 Å². The Hall–Kier alpha value is -2.02. The molecule has 0 saturated carbocycles. The number of nitrogens with zero attached hydrogens (tertiary/aromatic N) is 1. The average molecular weight is 311 g/mol. The van der Waals surface area contributed by atoms with Crippen LogP contribution in [0, 0.1) is 5.82 Å². The first-order chi connectivity index (χ1) is 10.1. The zero-order valence-electron chi connectivity index (χ0n) is 11.4. The van der Waals surface area contributed by atoms with E-state index in [4.69, 9.17) is 4.74 Å². The molecular formula is C14H14FNO4S. The van der Waals surface area contributed by atoms with Crippen LogP contribution in [-0.2, 0) is 14.3 Å².